The van der Waals surface area contributed by atoms with Gasteiger partial charge >= 0.3 is 0 Å². The van der Waals surface area contributed by atoms with Crippen LogP contribution in [-0.2, 0) is 0 Å². The summed E-state index contributed by atoms with van der Waals surface area (Å²) in [6.07, 6.45) is 4.27. The lowest BCUT2D eigenvalue weighted by molar-refractivity contribution is 0.301. The molecule has 0 saturated carbocycles. The first-order chi connectivity index (χ1) is 8.63. The Kier molecular flexibility index (Phi) is 3.50. The number of nitrogens with two attached hydrogens (primary N) is 1. The van der Waals surface area contributed by atoms with Gasteiger partial charge < -0.3 is 15.0 Å². The second kappa shape index (κ2) is 5.08. The minimum atomic E-state index is -0.442. The van der Waals surface area contributed by atoms with Crippen LogP contribution < -0.4 is 10.5 Å². The molecule has 0 radical (unpaired) electrons. The van der Waals surface area contributed by atoms with Crippen LogP contribution in [0.4, 0.5) is 10.1 Å². The van der Waals surface area contributed by atoms with Crippen LogP contribution in [0.15, 0.2) is 24.5 Å². The fourth-order valence-corrected chi connectivity index (χ4v) is 1.72. The molecule has 0 amide bonds. The highest BCUT2D eigenvalue weighted by Crippen LogP contribution is 2.27. The Morgan fingerprint density at radius 2 is 2.22 bits per heavy atom. The third-order valence-electron chi connectivity index (χ3n) is 2.63. The largest absolute Gasteiger partial charge is 0.490 e. The summed E-state index contributed by atoms with van der Waals surface area (Å²) in [5.41, 5.74) is 6.87. The van der Waals surface area contributed by atoms with Crippen molar-refractivity contribution in [1.29, 1.82) is 0 Å². The number of nitrogens with zero attached hydrogens (tertiary/aromatic N) is 2. The molecule has 0 atom stereocenters. The number of nitrogen functional groups attached to an aromatic ring is 1. The molecule has 1 aromatic heterocycles. The maximum absolute atomic E-state index is 13.7. The Balaban J connectivity index is 2.45. The Hall–Kier alpha value is -2.04. The van der Waals surface area contributed by atoms with E-state index in [-0.39, 0.29) is 5.75 Å². The van der Waals surface area contributed by atoms with E-state index in [0.717, 1.165) is 12.2 Å². The summed E-state index contributed by atoms with van der Waals surface area (Å²) in [7, 11) is 0. The zero-order chi connectivity index (χ0) is 13.1. The van der Waals surface area contributed by atoms with E-state index in [0.29, 0.717) is 18.0 Å². The zero-order valence-corrected chi connectivity index (χ0v) is 10.5. The average Bonchev–Trinajstić information content (AvgIpc) is 2.74. The van der Waals surface area contributed by atoms with E-state index in [1.54, 1.807) is 23.0 Å². The molecular formula is C13H16FN3O. The van der Waals surface area contributed by atoms with Gasteiger partial charge in [-0.3, -0.25) is 0 Å². The van der Waals surface area contributed by atoms with Gasteiger partial charge in [0.25, 0.3) is 0 Å². The predicted octanol–water partition coefficient (Wildman–Crippen LogP) is 2.69. The second-order valence-electron chi connectivity index (χ2n) is 4.03. The van der Waals surface area contributed by atoms with Gasteiger partial charge in [-0.15, -0.1) is 0 Å². The van der Waals surface area contributed by atoms with E-state index in [4.69, 9.17) is 10.5 Å². The van der Waals surface area contributed by atoms with E-state index >= 15 is 0 Å². The number of ether oxygens (including phenoxy) is 1. The van der Waals surface area contributed by atoms with Gasteiger partial charge in [0.05, 0.1) is 18.0 Å². The highest BCUT2D eigenvalue weighted by atomic mass is 19.1. The molecule has 0 bridgehead atoms. The molecule has 1 heterocycles. The summed E-state index contributed by atoms with van der Waals surface area (Å²) in [5.74, 6) is 0.561. The molecule has 4 nitrogen and oxygen atoms in total. The number of imidazole rings is 1. The van der Waals surface area contributed by atoms with Crippen molar-refractivity contribution >= 4 is 5.69 Å². The molecular weight excluding hydrogens is 233 g/mol. The first kappa shape index (κ1) is 12.4. The van der Waals surface area contributed by atoms with Crippen LogP contribution in [0.5, 0.6) is 5.75 Å². The Labute approximate surface area is 105 Å². The summed E-state index contributed by atoms with van der Waals surface area (Å²) in [6, 6.07) is 2.88. The number of aryl methyl sites for hydroxylation is 1. The van der Waals surface area contributed by atoms with E-state index in [2.05, 4.69) is 4.98 Å². The molecule has 0 unspecified atom stereocenters. The lowest BCUT2D eigenvalue weighted by Gasteiger charge is -2.12. The van der Waals surface area contributed by atoms with Crippen molar-refractivity contribution < 1.29 is 9.13 Å². The molecule has 2 rings (SSSR count). The van der Waals surface area contributed by atoms with Gasteiger partial charge in [0.2, 0.25) is 0 Å². The SMILES string of the molecule is CCCOc1cc(-n2ccnc2C)c(N)cc1F. The minimum absolute atomic E-state index is 0.217. The van der Waals surface area contributed by atoms with Crippen LogP contribution in [0, 0.1) is 12.7 Å². The molecule has 0 aliphatic heterocycles. The summed E-state index contributed by atoms with van der Waals surface area (Å²) >= 11 is 0. The standard InChI is InChI=1S/C13H16FN3O/c1-3-6-18-13-8-12(11(15)7-10(13)14)17-5-4-16-9(17)2/h4-5,7-8H,3,6,15H2,1-2H3. The highest BCUT2D eigenvalue weighted by molar-refractivity contribution is 5.61. The number of halogens is 1. The predicted molar refractivity (Wildman–Crippen MR) is 68.5 cm³/mol. The number of aromatic nitrogens is 2. The summed E-state index contributed by atoms with van der Waals surface area (Å²) < 4.78 is 20.8. The molecule has 1 aromatic carbocycles. The maximum Gasteiger partial charge on any atom is 0.167 e. The lowest BCUT2D eigenvalue weighted by atomic mass is 10.2. The molecule has 0 spiro atoms. The summed E-state index contributed by atoms with van der Waals surface area (Å²) in [4.78, 5) is 4.12. The number of hydrogen-bond acceptors (Lipinski definition) is 3. The number of hydrogen-bond donors (Lipinski definition) is 1. The summed E-state index contributed by atoms with van der Waals surface area (Å²) in [5, 5.41) is 0. The van der Waals surface area contributed by atoms with Crippen LogP contribution in [0.25, 0.3) is 5.69 Å². The Morgan fingerprint density at radius 3 is 2.83 bits per heavy atom. The minimum Gasteiger partial charge on any atom is -0.490 e. The van der Waals surface area contributed by atoms with Gasteiger partial charge in [0.15, 0.2) is 11.6 Å². The average molecular weight is 249 g/mol. The zero-order valence-electron chi connectivity index (χ0n) is 10.5. The number of rotatable bonds is 4. The summed E-state index contributed by atoms with van der Waals surface area (Å²) in [6.45, 7) is 4.30. The van der Waals surface area contributed by atoms with Crippen molar-refractivity contribution in [2.45, 2.75) is 20.3 Å². The monoisotopic (exact) mass is 249 g/mol. The van der Waals surface area contributed by atoms with E-state index in [1.807, 2.05) is 13.8 Å². The highest BCUT2D eigenvalue weighted by Gasteiger charge is 2.11. The first-order valence-electron chi connectivity index (χ1n) is 5.85. The van der Waals surface area contributed by atoms with Crippen molar-refractivity contribution in [2.24, 2.45) is 0 Å². The van der Waals surface area contributed by atoms with Crippen LogP contribution >= 0.6 is 0 Å². The van der Waals surface area contributed by atoms with Crippen molar-refractivity contribution in [1.82, 2.24) is 9.55 Å². The van der Waals surface area contributed by atoms with Gasteiger partial charge in [0.1, 0.15) is 5.82 Å². The fraction of sp³-hybridized carbons (Fsp3) is 0.308. The number of benzene rings is 1. The van der Waals surface area contributed by atoms with Gasteiger partial charge in [-0.1, -0.05) is 6.92 Å². The van der Waals surface area contributed by atoms with Crippen molar-refractivity contribution in [3.05, 3.63) is 36.2 Å². The van der Waals surface area contributed by atoms with E-state index < -0.39 is 5.82 Å². The molecule has 2 aromatic rings. The fourth-order valence-electron chi connectivity index (χ4n) is 1.72. The molecule has 96 valence electrons. The molecule has 5 heteroatoms. The Bertz CT molecular complexity index is 551. The molecule has 0 aliphatic rings. The second-order valence-corrected chi connectivity index (χ2v) is 4.03. The van der Waals surface area contributed by atoms with Gasteiger partial charge in [-0.25, -0.2) is 9.37 Å². The number of anilines is 1. The lowest BCUT2D eigenvalue weighted by Crippen LogP contribution is -2.04. The normalized spacial score (nSPS) is 10.6. The van der Waals surface area contributed by atoms with E-state index in [1.165, 1.54) is 6.07 Å². The quantitative estimate of drug-likeness (QED) is 0.847. The third kappa shape index (κ3) is 2.30. The first-order valence-corrected chi connectivity index (χ1v) is 5.85. The van der Waals surface area contributed by atoms with Crippen molar-refractivity contribution in [2.75, 3.05) is 12.3 Å². The maximum atomic E-state index is 13.7. The van der Waals surface area contributed by atoms with Crippen LogP contribution in [0.3, 0.4) is 0 Å². The van der Waals surface area contributed by atoms with Crippen LogP contribution in [0.2, 0.25) is 0 Å². The van der Waals surface area contributed by atoms with Crippen LogP contribution in [0.1, 0.15) is 19.2 Å². The van der Waals surface area contributed by atoms with Gasteiger partial charge in [0, 0.05) is 24.5 Å². The third-order valence-corrected chi connectivity index (χ3v) is 2.63. The molecule has 18 heavy (non-hydrogen) atoms. The van der Waals surface area contributed by atoms with E-state index in [9.17, 15) is 4.39 Å². The topological polar surface area (TPSA) is 53.1 Å². The van der Waals surface area contributed by atoms with Gasteiger partial charge in [-0.2, -0.15) is 0 Å². The molecule has 0 aliphatic carbocycles. The van der Waals surface area contributed by atoms with Crippen molar-refractivity contribution in [3.63, 3.8) is 0 Å². The smallest absolute Gasteiger partial charge is 0.167 e. The Morgan fingerprint density at radius 1 is 1.44 bits per heavy atom. The molecule has 0 fully saturated rings. The van der Waals surface area contributed by atoms with Crippen molar-refractivity contribution in [3.8, 4) is 11.4 Å². The molecule has 0 saturated heterocycles. The van der Waals surface area contributed by atoms with Crippen LogP contribution in [-0.4, -0.2) is 16.2 Å². The molecule has 2 N–H and O–H groups in total. The van der Waals surface area contributed by atoms with Gasteiger partial charge in [-0.05, 0) is 13.3 Å².